The Labute approximate surface area is 348 Å². The Morgan fingerprint density at radius 2 is 1.10 bits per heavy atom. The van der Waals surface area contributed by atoms with E-state index < -0.39 is 17.0 Å². The molecule has 0 saturated heterocycles. The number of fused-ring (bicyclic) bond motifs is 10. The van der Waals surface area contributed by atoms with Gasteiger partial charge in [-0.05, 0) is 119 Å². The maximum atomic E-state index is 15.6. The zero-order chi connectivity index (χ0) is 40.8. The second-order valence-corrected chi connectivity index (χ2v) is 15.6. The number of benzene rings is 9. The molecular formula is C55H33F3N2O. The van der Waals surface area contributed by atoms with E-state index in [1.165, 1.54) is 24.3 Å². The number of anilines is 3. The highest BCUT2D eigenvalue weighted by molar-refractivity contribution is 6.20. The Bertz CT molecular complexity index is 3490. The second kappa shape index (κ2) is 13.3. The summed E-state index contributed by atoms with van der Waals surface area (Å²) in [5.41, 5.74) is 10.3. The lowest BCUT2D eigenvalue weighted by molar-refractivity contribution is 0.613. The maximum Gasteiger partial charge on any atom is 0.145 e. The zero-order valence-electron chi connectivity index (χ0n) is 32.5. The van der Waals surface area contributed by atoms with Crippen molar-refractivity contribution in [1.29, 1.82) is 0 Å². The first-order valence-electron chi connectivity index (χ1n) is 20.2. The predicted molar refractivity (Wildman–Crippen MR) is 240 cm³/mol. The van der Waals surface area contributed by atoms with Crippen LogP contribution in [0.4, 0.5) is 30.2 Å². The summed E-state index contributed by atoms with van der Waals surface area (Å²) in [7, 11) is 0. The molecule has 0 amide bonds. The Balaban J connectivity index is 1.25. The van der Waals surface area contributed by atoms with Gasteiger partial charge in [-0.25, -0.2) is 13.2 Å². The van der Waals surface area contributed by atoms with E-state index in [-0.39, 0.29) is 5.82 Å². The van der Waals surface area contributed by atoms with Gasteiger partial charge in [-0.1, -0.05) is 109 Å². The second-order valence-electron chi connectivity index (χ2n) is 15.6. The molecule has 0 radical (unpaired) electrons. The summed E-state index contributed by atoms with van der Waals surface area (Å²) in [4.78, 5) is 2.15. The molecular weight excluding hydrogens is 762 g/mol. The highest BCUT2D eigenvalue weighted by atomic mass is 19.1. The van der Waals surface area contributed by atoms with E-state index in [0.29, 0.717) is 28.0 Å². The minimum absolute atomic E-state index is 0.358. The van der Waals surface area contributed by atoms with E-state index in [0.717, 1.165) is 71.9 Å². The van der Waals surface area contributed by atoms with Gasteiger partial charge in [-0.2, -0.15) is 0 Å². The first-order valence-corrected chi connectivity index (χ1v) is 20.2. The summed E-state index contributed by atoms with van der Waals surface area (Å²) in [6, 6.07) is 63.1. The van der Waals surface area contributed by atoms with Crippen LogP contribution >= 0.6 is 0 Å². The minimum Gasteiger partial charge on any atom is -0.455 e. The number of nitrogens with zero attached hydrogens (tertiary/aromatic N) is 2. The highest BCUT2D eigenvalue weighted by Gasteiger charge is 2.48. The zero-order valence-corrected chi connectivity index (χ0v) is 32.5. The quantitative estimate of drug-likeness (QED) is 0.167. The van der Waals surface area contributed by atoms with Gasteiger partial charge in [0.25, 0.3) is 0 Å². The van der Waals surface area contributed by atoms with E-state index in [9.17, 15) is 4.39 Å². The fourth-order valence-corrected chi connectivity index (χ4v) is 9.99. The number of hydrogen-bond donors (Lipinski definition) is 0. The molecule has 1 aliphatic carbocycles. The van der Waals surface area contributed by atoms with E-state index >= 15 is 8.78 Å². The lowest BCUT2D eigenvalue weighted by Gasteiger charge is -2.35. The molecule has 0 bridgehead atoms. The largest absolute Gasteiger partial charge is 0.455 e. The van der Waals surface area contributed by atoms with Crippen molar-refractivity contribution in [3.05, 3.63) is 240 Å². The number of hydrogen-bond acceptors (Lipinski definition) is 2. The van der Waals surface area contributed by atoms with Gasteiger partial charge in [0.15, 0.2) is 0 Å². The van der Waals surface area contributed by atoms with Gasteiger partial charge in [-0.3, -0.25) is 0 Å². The number of halogens is 3. The van der Waals surface area contributed by atoms with Crippen molar-refractivity contribution < 1.29 is 17.6 Å². The summed E-state index contributed by atoms with van der Waals surface area (Å²) >= 11 is 0. The molecule has 2 heterocycles. The number of aromatic nitrogens is 1. The van der Waals surface area contributed by atoms with E-state index in [1.54, 1.807) is 36.4 Å². The summed E-state index contributed by atoms with van der Waals surface area (Å²) in [6.45, 7) is 0. The summed E-state index contributed by atoms with van der Waals surface area (Å²) < 4.78 is 55.5. The van der Waals surface area contributed by atoms with Crippen LogP contribution in [0.2, 0.25) is 0 Å². The van der Waals surface area contributed by atoms with Crippen molar-refractivity contribution in [3.8, 4) is 16.8 Å². The molecule has 61 heavy (non-hydrogen) atoms. The van der Waals surface area contributed by atoms with Crippen molar-refractivity contribution in [1.82, 2.24) is 4.57 Å². The van der Waals surface area contributed by atoms with Gasteiger partial charge >= 0.3 is 0 Å². The average Bonchev–Trinajstić information content (AvgIpc) is 3.94. The normalized spacial score (nSPS) is 13.0. The van der Waals surface area contributed by atoms with Crippen LogP contribution in [0.15, 0.2) is 205 Å². The lowest BCUT2D eigenvalue weighted by Crippen LogP contribution is -2.29. The summed E-state index contributed by atoms with van der Waals surface area (Å²) in [5.74, 6) is -1.17. The molecule has 11 aromatic rings. The lowest BCUT2D eigenvalue weighted by atomic mass is 9.67. The molecule has 0 saturated carbocycles. The molecule has 6 heteroatoms. The van der Waals surface area contributed by atoms with Gasteiger partial charge in [0, 0.05) is 38.8 Å². The Hall–Kier alpha value is -7.83. The monoisotopic (exact) mass is 794 g/mol. The topological polar surface area (TPSA) is 21.3 Å². The molecule has 0 atom stereocenters. The van der Waals surface area contributed by atoms with Gasteiger partial charge < -0.3 is 13.9 Å². The molecule has 0 spiro atoms. The first kappa shape index (κ1) is 35.1. The fraction of sp³-hybridized carbons (Fsp3) is 0.0182. The van der Waals surface area contributed by atoms with E-state index in [1.807, 2.05) is 66.7 Å². The van der Waals surface area contributed by atoms with Crippen LogP contribution in [-0.4, -0.2) is 4.57 Å². The molecule has 1 aliphatic rings. The Morgan fingerprint density at radius 1 is 0.459 bits per heavy atom. The van der Waals surface area contributed by atoms with Gasteiger partial charge in [0.1, 0.15) is 28.6 Å². The van der Waals surface area contributed by atoms with Crippen molar-refractivity contribution in [2.75, 3.05) is 4.90 Å². The molecule has 9 aromatic carbocycles. The van der Waals surface area contributed by atoms with Crippen LogP contribution in [0.5, 0.6) is 0 Å². The average molecular weight is 795 g/mol. The Morgan fingerprint density at radius 3 is 1.85 bits per heavy atom. The molecule has 290 valence electrons. The van der Waals surface area contributed by atoms with Gasteiger partial charge in [0.2, 0.25) is 0 Å². The third-order valence-electron chi connectivity index (χ3n) is 12.4. The third kappa shape index (κ3) is 5.12. The van der Waals surface area contributed by atoms with Crippen LogP contribution in [-0.2, 0) is 5.41 Å². The first-order chi connectivity index (χ1) is 30.0. The predicted octanol–water partition coefficient (Wildman–Crippen LogP) is 14.9. The highest BCUT2D eigenvalue weighted by Crippen LogP contribution is 2.61. The van der Waals surface area contributed by atoms with E-state index in [2.05, 4.69) is 82.3 Å². The fourth-order valence-electron chi connectivity index (χ4n) is 9.99. The minimum atomic E-state index is -1.17. The van der Waals surface area contributed by atoms with Gasteiger partial charge in [-0.15, -0.1) is 0 Å². The summed E-state index contributed by atoms with van der Waals surface area (Å²) in [5, 5.41) is 3.95. The smallest absolute Gasteiger partial charge is 0.145 e. The van der Waals surface area contributed by atoms with Crippen molar-refractivity contribution >= 4 is 60.8 Å². The van der Waals surface area contributed by atoms with Crippen molar-refractivity contribution in [2.45, 2.75) is 5.41 Å². The van der Waals surface area contributed by atoms with Crippen LogP contribution in [0.25, 0.3) is 60.6 Å². The molecule has 0 aliphatic heterocycles. The maximum absolute atomic E-state index is 15.6. The third-order valence-corrected chi connectivity index (χ3v) is 12.4. The summed E-state index contributed by atoms with van der Waals surface area (Å²) in [6.07, 6.45) is 0. The van der Waals surface area contributed by atoms with E-state index in [4.69, 9.17) is 4.42 Å². The SMILES string of the molecule is Fc1ccc(N(c2ccc3c4ccccc4n(-c4ccccc4)c3c2)c2cc3c(c4oc5ccccc5c24)-c2ccccc2C3(c2cccc(F)c2)c2cccc(F)c2)cc1. The van der Waals surface area contributed by atoms with Crippen molar-refractivity contribution in [2.24, 2.45) is 0 Å². The van der Waals surface area contributed by atoms with Gasteiger partial charge in [0.05, 0.1) is 27.5 Å². The molecule has 0 N–H and O–H groups in total. The van der Waals surface area contributed by atoms with Crippen LogP contribution < -0.4 is 4.90 Å². The molecule has 12 rings (SSSR count). The molecule has 2 aromatic heterocycles. The van der Waals surface area contributed by atoms with Crippen LogP contribution in [0.3, 0.4) is 0 Å². The standard InChI is InChI=1S/C55H33F3N2O/c56-36-24-26-40(27-25-36)59(41-28-29-43-42-18-5-8-22-48(42)60(49(43)32-41)39-16-2-1-3-17-39)50-33-47-52(54-53(50)45-20-6-9-23-51(45)61-54)44-19-4-7-21-46(44)55(47,34-12-10-14-37(57)30-34)35-13-11-15-38(58)31-35/h1-33H. The molecule has 0 unspecified atom stereocenters. The number of furan rings is 1. The Kier molecular flexibility index (Phi) is 7.69. The van der Waals surface area contributed by atoms with Crippen LogP contribution in [0, 0.1) is 17.5 Å². The number of para-hydroxylation sites is 3. The van der Waals surface area contributed by atoms with Crippen LogP contribution in [0.1, 0.15) is 22.3 Å². The van der Waals surface area contributed by atoms with Crippen molar-refractivity contribution in [3.63, 3.8) is 0 Å². The molecule has 0 fully saturated rings. The molecule has 3 nitrogen and oxygen atoms in total. The number of rotatable bonds is 6.